The van der Waals surface area contributed by atoms with Crippen LogP contribution >= 0.6 is 34.8 Å². The average Bonchev–Trinajstić information content (AvgIpc) is 1.65. The molecule has 0 aliphatic heterocycles. The van der Waals surface area contributed by atoms with Crippen LogP contribution in [0, 0.1) is 0 Å². The molecule has 0 saturated carbocycles. The largest absolute Gasteiger partial charge is 0.395 e. The molecule has 0 rings (SSSR count). The van der Waals surface area contributed by atoms with Crippen molar-refractivity contribution in [2.45, 2.75) is 0 Å². The minimum atomic E-state index is -0.889. The Hall–Kier alpha value is 0.500. The standard InChI is InChI=1S/C2H5ClO.CCl2O/c3-1-2-4;2-1(3)4/h4H,1-2H2;. The monoisotopic (exact) mass is 178 g/mol. The minimum absolute atomic E-state index is 0.0849. The fourth-order valence-electron chi connectivity index (χ4n) is 0. The topological polar surface area (TPSA) is 37.3 Å². The van der Waals surface area contributed by atoms with Crippen LogP contribution in [0.15, 0.2) is 0 Å². The Morgan fingerprint density at radius 1 is 1.50 bits per heavy atom. The van der Waals surface area contributed by atoms with Gasteiger partial charge in [-0.3, -0.25) is 4.79 Å². The fourth-order valence-corrected chi connectivity index (χ4v) is 0. The number of aliphatic hydroxyl groups excluding tert-OH is 1. The molecule has 0 aromatic carbocycles. The summed E-state index contributed by atoms with van der Waals surface area (Å²) in [6.07, 6.45) is 0. The van der Waals surface area contributed by atoms with Gasteiger partial charge in [-0.2, -0.15) is 0 Å². The maximum absolute atomic E-state index is 8.98. The van der Waals surface area contributed by atoms with E-state index in [9.17, 15) is 0 Å². The smallest absolute Gasteiger partial charge is 0.313 e. The summed E-state index contributed by atoms with van der Waals surface area (Å²) in [5.41, 5.74) is 0. The molecule has 0 aromatic rings. The highest BCUT2D eigenvalue weighted by atomic mass is 35.5. The lowest BCUT2D eigenvalue weighted by Gasteiger charge is -1.67. The third-order valence-electron chi connectivity index (χ3n) is 0.0845. The third-order valence-corrected chi connectivity index (χ3v) is 0.254. The van der Waals surface area contributed by atoms with Gasteiger partial charge in [0.1, 0.15) is 0 Å². The van der Waals surface area contributed by atoms with Gasteiger partial charge in [-0.15, -0.1) is 11.6 Å². The normalized spacial score (nSPS) is 7.00. The number of alkyl halides is 1. The van der Waals surface area contributed by atoms with Gasteiger partial charge in [-0.1, -0.05) is 0 Å². The number of rotatable bonds is 1. The second kappa shape index (κ2) is 10.5. The van der Waals surface area contributed by atoms with E-state index in [2.05, 4.69) is 23.2 Å². The van der Waals surface area contributed by atoms with Crippen molar-refractivity contribution in [2.75, 3.05) is 12.5 Å². The van der Waals surface area contributed by atoms with E-state index in [-0.39, 0.29) is 6.61 Å². The second-order valence-electron chi connectivity index (χ2n) is 0.638. The lowest BCUT2D eigenvalue weighted by atomic mass is 10.9. The van der Waals surface area contributed by atoms with Gasteiger partial charge < -0.3 is 5.11 Å². The summed E-state index contributed by atoms with van der Waals surface area (Å²) in [6, 6.07) is 0. The Morgan fingerprint density at radius 2 is 1.62 bits per heavy atom. The number of hydrogen-bond donors (Lipinski definition) is 1. The molecule has 0 radical (unpaired) electrons. The molecule has 0 fully saturated rings. The summed E-state index contributed by atoms with van der Waals surface area (Å²) in [4.78, 5) is 8.98. The molecule has 0 spiro atoms. The highest BCUT2D eigenvalue weighted by molar-refractivity contribution is 6.93. The molecule has 0 aliphatic carbocycles. The first kappa shape index (κ1) is 11.3. The Bertz CT molecular complexity index is 50.5. The molecule has 50 valence electrons. The van der Waals surface area contributed by atoms with Crippen LogP contribution in [0.5, 0.6) is 0 Å². The van der Waals surface area contributed by atoms with Crippen molar-refractivity contribution in [3.05, 3.63) is 0 Å². The van der Waals surface area contributed by atoms with E-state index in [0.29, 0.717) is 5.88 Å². The number of halogens is 3. The molecule has 1 N–H and O–H groups in total. The number of hydrogen-bond acceptors (Lipinski definition) is 2. The molecule has 0 aromatic heterocycles. The predicted molar refractivity (Wildman–Crippen MR) is 34.9 cm³/mol. The van der Waals surface area contributed by atoms with Gasteiger partial charge >= 0.3 is 4.70 Å². The van der Waals surface area contributed by atoms with Crippen molar-refractivity contribution in [1.29, 1.82) is 0 Å². The van der Waals surface area contributed by atoms with Crippen LogP contribution in [0.25, 0.3) is 0 Å². The lowest BCUT2D eigenvalue weighted by molar-refractivity contribution is 0.275. The highest BCUT2D eigenvalue weighted by Gasteiger charge is 1.72. The van der Waals surface area contributed by atoms with Gasteiger partial charge in [0.05, 0.1) is 6.61 Å². The van der Waals surface area contributed by atoms with Crippen molar-refractivity contribution < 1.29 is 9.90 Å². The maximum atomic E-state index is 8.98. The summed E-state index contributed by atoms with van der Waals surface area (Å²) >= 11 is 13.7. The Labute approximate surface area is 62.3 Å². The summed E-state index contributed by atoms with van der Waals surface area (Å²) in [5, 5.41) is 7.74. The van der Waals surface area contributed by atoms with Crippen LogP contribution in [-0.4, -0.2) is 22.3 Å². The molecule has 0 bridgehead atoms. The van der Waals surface area contributed by atoms with E-state index >= 15 is 0 Å². The van der Waals surface area contributed by atoms with E-state index in [1.165, 1.54) is 0 Å². The van der Waals surface area contributed by atoms with E-state index < -0.39 is 4.70 Å². The predicted octanol–water partition coefficient (Wildman–Crippen LogP) is 1.80. The number of aliphatic hydroxyl groups is 1. The highest BCUT2D eigenvalue weighted by Crippen LogP contribution is 1.84. The molecule has 8 heavy (non-hydrogen) atoms. The number of carbonyl (C=O) groups is 1. The molecule has 0 unspecified atom stereocenters. The summed E-state index contributed by atoms with van der Waals surface area (Å²) < 4.78 is -0.889. The Kier molecular flexibility index (Phi) is 14.8. The van der Waals surface area contributed by atoms with Gasteiger partial charge in [-0.25, -0.2) is 0 Å². The second-order valence-corrected chi connectivity index (χ2v) is 1.90. The van der Waals surface area contributed by atoms with Crippen LogP contribution < -0.4 is 0 Å². The van der Waals surface area contributed by atoms with Crippen LogP contribution in [0.3, 0.4) is 0 Å². The zero-order valence-corrected chi connectivity index (χ0v) is 6.17. The van der Waals surface area contributed by atoms with Gasteiger partial charge in [0.15, 0.2) is 0 Å². The molecular weight excluding hydrogens is 174 g/mol. The number of carbonyl (C=O) groups excluding carboxylic acids is 1. The molecule has 5 heteroatoms. The van der Waals surface area contributed by atoms with E-state index in [1.54, 1.807) is 0 Å². The molecule has 2 nitrogen and oxygen atoms in total. The SMILES string of the molecule is O=C(Cl)Cl.OCCCl. The Morgan fingerprint density at radius 3 is 1.62 bits per heavy atom. The zero-order valence-electron chi connectivity index (χ0n) is 3.90. The Balaban J connectivity index is 0. The van der Waals surface area contributed by atoms with E-state index in [0.717, 1.165) is 0 Å². The van der Waals surface area contributed by atoms with Gasteiger partial charge in [0, 0.05) is 5.88 Å². The summed E-state index contributed by atoms with van der Waals surface area (Å²) in [7, 11) is 0. The van der Waals surface area contributed by atoms with Crippen LogP contribution in [0.4, 0.5) is 4.79 Å². The first-order valence-corrected chi connectivity index (χ1v) is 2.96. The fraction of sp³-hybridized carbons (Fsp3) is 0.667. The molecule has 0 saturated heterocycles. The molecule has 0 heterocycles. The average molecular weight is 179 g/mol. The van der Waals surface area contributed by atoms with E-state index in [1.807, 2.05) is 0 Å². The van der Waals surface area contributed by atoms with Crippen molar-refractivity contribution in [1.82, 2.24) is 0 Å². The van der Waals surface area contributed by atoms with Crippen molar-refractivity contribution in [3.63, 3.8) is 0 Å². The third kappa shape index (κ3) is 87.4. The van der Waals surface area contributed by atoms with Crippen molar-refractivity contribution in [2.24, 2.45) is 0 Å². The zero-order chi connectivity index (χ0) is 6.99. The minimum Gasteiger partial charge on any atom is -0.395 e. The van der Waals surface area contributed by atoms with Crippen molar-refractivity contribution in [3.8, 4) is 0 Å². The van der Waals surface area contributed by atoms with Crippen molar-refractivity contribution >= 4 is 39.5 Å². The quantitative estimate of drug-likeness (QED) is 0.492. The summed E-state index contributed by atoms with van der Waals surface area (Å²) in [5.74, 6) is 0.347. The first-order chi connectivity index (χ1) is 3.65. The van der Waals surface area contributed by atoms with Crippen LogP contribution in [-0.2, 0) is 0 Å². The van der Waals surface area contributed by atoms with Crippen LogP contribution in [0.1, 0.15) is 0 Å². The van der Waals surface area contributed by atoms with Gasteiger partial charge in [0.2, 0.25) is 0 Å². The molecule has 0 aliphatic rings. The maximum Gasteiger partial charge on any atom is 0.313 e. The first-order valence-electron chi connectivity index (χ1n) is 1.67. The van der Waals surface area contributed by atoms with Gasteiger partial charge in [-0.05, 0) is 23.2 Å². The van der Waals surface area contributed by atoms with Gasteiger partial charge in [0.25, 0.3) is 0 Å². The molecule has 0 atom stereocenters. The molecular formula is C3H5Cl3O2. The van der Waals surface area contributed by atoms with Crippen LogP contribution in [0.2, 0.25) is 0 Å². The summed E-state index contributed by atoms with van der Waals surface area (Å²) in [6.45, 7) is 0.0849. The molecule has 0 amide bonds. The lowest BCUT2D eigenvalue weighted by Crippen LogP contribution is -1.76. The van der Waals surface area contributed by atoms with E-state index in [4.69, 9.17) is 21.5 Å².